The number of rotatable bonds is 8. The minimum atomic E-state index is -0.976. The van der Waals surface area contributed by atoms with E-state index in [-0.39, 0.29) is 17.6 Å². The first-order valence-corrected chi connectivity index (χ1v) is 13.0. The van der Waals surface area contributed by atoms with Crippen molar-refractivity contribution >= 4 is 36.1 Å². The number of hydrogen-bond donors (Lipinski definition) is 3. The minimum absolute atomic E-state index is 0.0369. The topological polar surface area (TPSA) is 194 Å². The predicted molar refractivity (Wildman–Crippen MR) is 159 cm³/mol. The van der Waals surface area contributed by atoms with Crippen LogP contribution in [0.1, 0.15) is 39.4 Å². The minimum Gasteiger partial charge on any atom is -0.493 e. The number of primary amides is 1. The molecule has 0 bridgehead atoms. The molecule has 13 heteroatoms. The smallest absolute Gasteiger partial charge is 0.411 e. The van der Waals surface area contributed by atoms with Gasteiger partial charge in [-0.1, -0.05) is 24.3 Å². The van der Waals surface area contributed by atoms with Crippen LogP contribution in [-0.4, -0.2) is 52.4 Å². The Hall–Kier alpha value is -5.98. The standard InChI is InChI=1S/C30H28N8O5/c1-41-23-13-17(12-21-15-35-29(32)37-28(21)31)11-18(27(23)42-2)8-10-25(39)38-26(22-6-4-3-5-19(22)16-36-38)20-7-9-24(34-14-20)43-30(33)40/h3-11,13-16,26H,12H2,1-2H3,(H2,33,40)(H4,31,32,35,37)/b10-8+. The molecule has 0 radical (unpaired) electrons. The number of pyridine rings is 1. The van der Waals surface area contributed by atoms with Gasteiger partial charge in [0.25, 0.3) is 5.91 Å². The Bertz CT molecular complexity index is 1740. The number of carbonyl (C=O) groups excluding carboxylic acids is 2. The van der Waals surface area contributed by atoms with E-state index in [9.17, 15) is 9.59 Å². The van der Waals surface area contributed by atoms with E-state index in [0.29, 0.717) is 34.6 Å². The van der Waals surface area contributed by atoms with Gasteiger partial charge in [0.15, 0.2) is 11.5 Å². The molecule has 0 spiro atoms. The molecule has 0 fully saturated rings. The number of nitrogens with two attached hydrogens (primary N) is 3. The number of fused-ring (bicyclic) bond motifs is 1. The molecule has 3 heterocycles. The van der Waals surface area contributed by atoms with E-state index >= 15 is 0 Å². The third-order valence-corrected chi connectivity index (χ3v) is 6.65. The largest absolute Gasteiger partial charge is 0.493 e. The number of nitrogen functional groups attached to an aromatic ring is 2. The Labute approximate surface area is 246 Å². The lowest BCUT2D eigenvalue weighted by atomic mass is 9.94. The summed E-state index contributed by atoms with van der Waals surface area (Å²) in [6.45, 7) is 0. The molecule has 1 atom stereocenters. The first kappa shape index (κ1) is 28.5. The molecule has 0 saturated heterocycles. The highest BCUT2D eigenvalue weighted by molar-refractivity contribution is 5.95. The first-order valence-electron chi connectivity index (χ1n) is 13.0. The zero-order chi connectivity index (χ0) is 30.5. The molecular weight excluding hydrogens is 552 g/mol. The van der Waals surface area contributed by atoms with E-state index in [1.54, 1.807) is 24.6 Å². The van der Waals surface area contributed by atoms with E-state index in [4.69, 9.17) is 31.4 Å². The molecule has 4 aromatic rings. The molecule has 1 aliphatic heterocycles. The van der Waals surface area contributed by atoms with Gasteiger partial charge >= 0.3 is 6.09 Å². The van der Waals surface area contributed by atoms with Gasteiger partial charge in [-0.05, 0) is 41.0 Å². The normalized spacial score (nSPS) is 13.9. The second-order valence-corrected chi connectivity index (χ2v) is 9.38. The number of amides is 2. The van der Waals surface area contributed by atoms with Crippen molar-refractivity contribution in [2.45, 2.75) is 12.5 Å². The summed E-state index contributed by atoms with van der Waals surface area (Å²) in [6.07, 6.45) is 7.15. The number of methoxy groups -OCH3 is 2. The van der Waals surface area contributed by atoms with Crippen molar-refractivity contribution in [2.24, 2.45) is 10.8 Å². The predicted octanol–water partition coefficient (Wildman–Crippen LogP) is 3.08. The quantitative estimate of drug-likeness (QED) is 0.261. The summed E-state index contributed by atoms with van der Waals surface area (Å²) in [6, 6.07) is 13.8. The third kappa shape index (κ3) is 6.20. The summed E-state index contributed by atoms with van der Waals surface area (Å²) in [4.78, 5) is 37.0. The fourth-order valence-electron chi connectivity index (χ4n) is 4.73. The fraction of sp³-hybridized carbons (Fsp3) is 0.133. The first-order chi connectivity index (χ1) is 20.8. The van der Waals surface area contributed by atoms with E-state index < -0.39 is 18.0 Å². The highest BCUT2D eigenvalue weighted by Gasteiger charge is 2.30. The third-order valence-electron chi connectivity index (χ3n) is 6.65. The number of carbonyl (C=O) groups is 2. The second kappa shape index (κ2) is 12.3. The van der Waals surface area contributed by atoms with Gasteiger partial charge in [0.1, 0.15) is 11.9 Å². The maximum Gasteiger partial charge on any atom is 0.411 e. The van der Waals surface area contributed by atoms with Crippen molar-refractivity contribution in [3.63, 3.8) is 0 Å². The van der Waals surface area contributed by atoms with Gasteiger partial charge in [-0.3, -0.25) is 4.79 Å². The Kier molecular flexibility index (Phi) is 8.14. The lowest BCUT2D eigenvalue weighted by Gasteiger charge is -2.31. The number of benzene rings is 2. The van der Waals surface area contributed by atoms with Gasteiger partial charge in [0.05, 0.1) is 20.4 Å². The summed E-state index contributed by atoms with van der Waals surface area (Å²) >= 11 is 0. The summed E-state index contributed by atoms with van der Waals surface area (Å²) in [5.74, 6) is 0.894. The average molecular weight is 581 g/mol. The van der Waals surface area contributed by atoms with Crippen LogP contribution in [0.2, 0.25) is 0 Å². The second-order valence-electron chi connectivity index (χ2n) is 9.38. The molecule has 5 rings (SSSR count). The van der Waals surface area contributed by atoms with Crippen molar-refractivity contribution < 1.29 is 23.8 Å². The van der Waals surface area contributed by atoms with Crippen molar-refractivity contribution in [1.82, 2.24) is 20.0 Å². The molecule has 2 aromatic carbocycles. The number of nitrogens with zero attached hydrogens (tertiary/aromatic N) is 5. The lowest BCUT2D eigenvalue weighted by Crippen LogP contribution is -2.33. The van der Waals surface area contributed by atoms with Gasteiger partial charge < -0.3 is 31.4 Å². The van der Waals surface area contributed by atoms with E-state index in [1.807, 2.05) is 36.4 Å². The van der Waals surface area contributed by atoms with Crippen LogP contribution < -0.4 is 31.4 Å². The van der Waals surface area contributed by atoms with Gasteiger partial charge in [0.2, 0.25) is 11.8 Å². The maximum atomic E-state index is 13.7. The van der Waals surface area contributed by atoms with Gasteiger partial charge in [-0.15, -0.1) is 0 Å². The molecule has 43 heavy (non-hydrogen) atoms. The van der Waals surface area contributed by atoms with Gasteiger partial charge in [0, 0.05) is 47.6 Å². The van der Waals surface area contributed by atoms with Crippen molar-refractivity contribution in [1.29, 1.82) is 0 Å². The Morgan fingerprint density at radius 2 is 1.84 bits per heavy atom. The molecule has 218 valence electrons. The summed E-state index contributed by atoms with van der Waals surface area (Å²) in [5, 5.41) is 5.81. The van der Waals surface area contributed by atoms with Crippen molar-refractivity contribution in [2.75, 3.05) is 25.7 Å². The number of hydrogen-bond acceptors (Lipinski definition) is 11. The van der Waals surface area contributed by atoms with Crippen molar-refractivity contribution in [3.8, 4) is 17.4 Å². The van der Waals surface area contributed by atoms with Crippen LogP contribution in [0.25, 0.3) is 6.08 Å². The molecule has 0 saturated carbocycles. The molecule has 1 aliphatic rings. The van der Waals surface area contributed by atoms with Crippen LogP contribution in [0, 0.1) is 0 Å². The SMILES string of the molecule is COc1cc(Cc2cnc(N)nc2N)cc(/C=C/C(=O)N2N=Cc3ccccc3C2c2ccc(OC(N)=O)nc2)c1OC. The number of ether oxygens (including phenoxy) is 3. The van der Waals surface area contributed by atoms with Crippen LogP contribution in [0.5, 0.6) is 17.4 Å². The Balaban J connectivity index is 1.48. The Morgan fingerprint density at radius 1 is 1.02 bits per heavy atom. The van der Waals surface area contributed by atoms with Gasteiger partial charge in [-0.2, -0.15) is 10.1 Å². The van der Waals surface area contributed by atoms with E-state index in [0.717, 1.165) is 16.7 Å². The zero-order valence-corrected chi connectivity index (χ0v) is 23.3. The van der Waals surface area contributed by atoms with Gasteiger partial charge in [-0.25, -0.2) is 19.8 Å². The summed E-state index contributed by atoms with van der Waals surface area (Å²) in [5.41, 5.74) is 21.2. The molecule has 1 unspecified atom stereocenters. The van der Waals surface area contributed by atoms with Crippen LogP contribution in [-0.2, 0) is 11.2 Å². The molecular formula is C30H28N8O5. The molecule has 13 nitrogen and oxygen atoms in total. The lowest BCUT2D eigenvalue weighted by molar-refractivity contribution is -0.127. The average Bonchev–Trinajstić information content (AvgIpc) is 3.00. The van der Waals surface area contributed by atoms with Crippen LogP contribution in [0.4, 0.5) is 16.6 Å². The molecule has 2 aromatic heterocycles. The highest BCUT2D eigenvalue weighted by Crippen LogP contribution is 2.36. The number of aromatic nitrogens is 3. The molecule has 2 amide bonds. The summed E-state index contributed by atoms with van der Waals surface area (Å²) < 4.78 is 16.0. The van der Waals surface area contributed by atoms with E-state index in [2.05, 4.69) is 20.1 Å². The summed E-state index contributed by atoms with van der Waals surface area (Å²) in [7, 11) is 3.04. The van der Waals surface area contributed by atoms with Crippen molar-refractivity contribution in [3.05, 3.63) is 100 Å². The maximum absolute atomic E-state index is 13.7. The Morgan fingerprint density at radius 3 is 2.53 bits per heavy atom. The zero-order valence-electron chi connectivity index (χ0n) is 23.3. The van der Waals surface area contributed by atoms with Crippen LogP contribution >= 0.6 is 0 Å². The number of hydrazone groups is 1. The number of anilines is 2. The van der Waals surface area contributed by atoms with E-state index in [1.165, 1.54) is 37.6 Å². The molecule has 6 N–H and O–H groups in total. The highest BCUT2D eigenvalue weighted by atomic mass is 16.6. The molecule has 0 aliphatic carbocycles. The van der Waals surface area contributed by atoms with Crippen LogP contribution in [0.3, 0.4) is 0 Å². The monoisotopic (exact) mass is 580 g/mol. The van der Waals surface area contributed by atoms with Crippen LogP contribution in [0.15, 0.2) is 72.1 Å². The fourth-order valence-corrected chi connectivity index (χ4v) is 4.73.